The van der Waals surface area contributed by atoms with Crippen LogP contribution in [0, 0.1) is 0 Å². The van der Waals surface area contributed by atoms with E-state index in [2.05, 4.69) is 5.10 Å². The highest BCUT2D eigenvalue weighted by atomic mass is 16.5. The van der Waals surface area contributed by atoms with Crippen LogP contribution in [0.2, 0.25) is 0 Å². The van der Waals surface area contributed by atoms with Crippen LogP contribution >= 0.6 is 0 Å². The van der Waals surface area contributed by atoms with Gasteiger partial charge in [0.1, 0.15) is 5.69 Å². The second-order valence-corrected chi connectivity index (χ2v) is 2.54. The van der Waals surface area contributed by atoms with E-state index in [0.717, 1.165) is 0 Å². The highest BCUT2D eigenvalue weighted by molar-refractivity contribution is 5.94. The lowest BCUT2D eigenvalue weighted by atomic mass is 10.2. The molecule has 4 heteroatoms. The van der Waals surface area contributed by atoms with E-state index in [1.165, 1.54) is 0 Å². The van der Waals surface area contributed by atoms with Crippen LogP contribution in [0.3, 0.4) is 0 Å². The number of Topliss-reactive ketones (excluding diaryl/α,β-unsaturated/α-hetero) is 1. The lowest BCUT2D eigenvalue weighted by Crippen LogP contribution is -2.04. The molecule has 0 saturated heterocycles. The minimum absolute atomic E-state index is 0.0254. The van der Waals surface area contributed by atoms with Crippen molar-refractivity contribution < 1.29 is 9.53 Å². The Morgan fingerprint density at radius 1 is 1.75 bits per heavy atom. The fraction of sp³-hybridized carbons (Fsp3) is 0.500. The van der Waals surface area contributed by atoms with Crippen LogP contribution in [0.25, 0.3) is 0 Å². The zero-order valence-corrected chi connectivity index (χ0v) is 7.28. The molecule has 0 aliphatic carbocycles. The van der Waals surface area contributed by atoms with Crippen molar-refractivity contribution in [3.8, 4) is 0 Å². The minimum atomic E-state index is 0.0254. The largest absolute Gasteiger partial charge is 0.384 e. The first-order valence-corrected chi connectivity index (χ1v) is 3.76. The van der Waals surface area contributed by atoms with Gasteiger partial charge in [-0.15, -0.1) is 0 Å². The van der Waals surface area contributed by atoms with Crippen LogP contribution in [0.5, 0.6) is 0 Å². The molecule has 1 rings (SSSR count). The highest BCUT2D eigenvalue weighted by Crippen LogP contribution is 1.99. The first kappa shape index (κ1) is 8.93. The molecular weight excluding hydrogens is 156 g/mol. The topological polar surface area (TPSA) is 44.1 Å². The first-order chi connectivity index (χ1) is 5.74. The van der Waals surface area contributed by atoms with Gasteiger partial charge in [0.25, 0.3) is 0 Å². The first-order valence-electron chi connectivity index (χ1n) is 3.76. The van der Waals surface area contributed by atoms with E-state index in [-0.39, 0.29) is 5.78 Å². The number of nitrogens with zero attached hydrogens (tertiary/aromatic N) is 2. The van der Waals surface area contributed by atoms with Crippen molar-refractivity contribution in [2.75, 3.05) is 13.7 Å². The summed E-state index contributed by atoms with van der Waals surface area (Å²) in [6, 6.07) is 1.71. The maximum absolute atomic E-state index is 11.3. The van der Waals surface area contributed by atoms with E-state index in [9.17, 15) is 4.79 Å². The predicted molar refractivity (Wildman–Crippen MR) is 44.0 cm³/mol. The number of hydrogen-bond donors (Lipinski definition) is 0. The molecule has 1 aromatic heterocycles. The van der Waals surface area contributed by atoms with E-state index < -0.39 is 0 Å². The summed E-state index contributed by atoms with van der Waals surface area (Å²) in [6.45, 7) is 0.454. The van der Waals surface area contributed by atoms with Gasteiger partial charge >= 0.3 is 0 Å². The SMILES string of the molecule is COCCC(=O)c1ccn(C)n1. The number of hydrogen-bond acceptors (Lipinski definition) is 3. The van der Waals surface area contributed by atoms with Gasteiger partial charge < -0.3 is 4.74 Å². The van der Waals surface area contributed by atoms with Crippen molar-refractivity contribution in [1.82, 2.24) is 9.78 Å². The molecule has 0 radical (unpaired) electrons. The van der Waals surface area contributed by atoms with E-state index in [0.29, 0.717) is 18.7 Å². The van der Waals surface area contributed by atoms with E-state index in [1.54, 1.807) is 31.1 Å². The van der Waals surface area contributed by atoms with Gasteiger partial charge in [-0.3, -0.25) is 9.48 Å². The maximum Gasteiger partial charge on any atom is 0.185 e. The molecule has 4 nitrogen and oxygen atoms in total. The molecule has 1 heterocycles. The molecule has 0 bridgehead atoms. The number of aromatic nitrogens is 2. The smallest absolute Gasteiger partial charge is 0.185 e. The summed E-state index contributed by atoms with van der Waals surface area (Å²) < 4.78 is 6.40. The van der Waals surface area contributed by atoms with Crippen LogP contribution in [-0.2, 0) is 11.8 Å². The van der Waals surface area contributed by atoms with Gasteiger partial charge in [0, 0.05) is 26.8 Å². The predicted octanol–water partition coefficient (Wildman–Crippen LogP) is 0.639. The van der Waals surface area contributed by atoms with Gasteiger partial charge in [-0.25, -0.2) is 0 Å². The van der Waals surface area contributed by atoms with Gasteiger partial charge in [-0.2, -0.15) is 5.10 Å². The summed E-state index contributed by atoms with van der Waals surface area (Å²) in [5.41, 5.74) is 0.509. The number of aryl methyl sites for hydroxylation is 1. The molecule has 0 atom stereocenters. The molecule has 1 aromatic rings. The lowest BCUT2D eigenvalue weighted by Gasteiger charge is -1.94. The molecule has 0 amide bonds. The molecule has 0 N–H and O–H groups in total. The summed E-state index contributed by atoms with van der Waals surface area (Å²) in [7, 11) is 3.36. The van der Waals surface area contributed by atoms with Crippen LogP contribution < -0.4 is 0 Å². The van der Waals surface area contributed by atoms with Crippen molar-refractivity contribution in [2.24, 2.45) is 7.05 Å². The molecule has 0 aromatic carbocycles. The number of rotatable bonds is 4. The number of methoxy groups -OCH3 is 1. The fourth-order valence-electron chi connectivity index (χ4n) is 0.887. The summed E-state index contributed by atoms with van der Waals surface area (Å²) in [6.07, 6.45) is 2.15. The molecule has 0 spiro atoms. The Labute approximate surface area is 71.1 Å². The van der Waals surface area contributed by atoms with Crippen LogP contribution in [0.4, 0.5) is 0 Å². The summed E-state index contributed by atoms with van der Waals surface area (Å²) in [5.74, 6) is 0.0254. The van der Waals surface area contributed by atoms with Crippen molar-refractivity contribution in [2.45, 2.75) is 6.42 Å². The van der Waals surface area contributed by atoms with Crippen LogP contribution in [0.1, 0.15) is 16.9 Å². The standard InChI is InChI=1S/C8H12N2O2/c1-10-5-3-7(9-10)8(11)4-6-12-2/h3,5H,4,6H2,1-2H3. The highest BCUT2D eigenvalue weighted by Gasteiger charge is 2.07. The summed E-state index contributed by atoms with van der Waals surface area (Å²) in [5, 5.41) is 3.98. The molecule has 0 saturated carbocycles. The maximum atomic E-state index is 11.3. The lowest BCUT2D eigenvalue weighted by molar-refractivity contribution is 0.0926. The third kappa shape index (κ3) is 2.17. The van der Waals surface area contributed by atoms with Crippen LogP contribution in [0.15, 0.2) is 12.3 Å². The van der Waals surface area contributed by atoms with Crippen molar-refractivity contribution >= 4 is 5.78 Å². The molecule has 66 valence electrons. The van der Waals surface area contributed by atoms with E-state index in [4.69, 9.17) is 4.74 Å². The molecule has 0 fully saturated rings. The monoisotopic (exact) mass is 168 g/mol. The minimum Gasteiger partial charge on any atom is -0.384 e. The molecule has 12 heavy (non-hydrogen) atoms. The van der Waals surface area contributed by atoms with Gasteiger partial charge in [-0.1, -0.05) is 0 Å². The van der Waals surface area contributed by atoms with Gasteiger partial charge in [0.2, 0.25) is 0 Å². The Hall–Kier alpha value is -1.16. The third-order valence-electron chi connectivity index (χ3n) is 1.53. The van der Waals surface area contributed by atoms with Gasteiger partial charge in [-0.05, 0) is 6.07 Å². The Balaban J connectivity index is 2.53. The Bertz CT molecular complexity index is 268. The normalized spacial score (nSPS) is 10.2. The number of ketones is 1. The number of ether oxygens (including phenoxy) is 1. The summed E-state index contributed by atoms with van der Waals surface area (Å²) in [4.78, 5) is 11.3. The Morgan fingerprint density at radius 2 is 2.50 bits per heavy atom. The molecule has 0 unspecified atom stereocenters. The van der Waals surface area contributed by atoms with Crippen molar-refractivity contribution in [3.63, 3.8) is 0 Å². The van der Waals surface area contributed by atoms with Gasteiger partial charge in [0.15, 0.2) is 5.78 Å². The number of carbonyl (C=O) groups is 1. The van der Waals surface area contributed by atoms with Crippen molar-refractivity contribution in [1.29, 1.82) is 0 Å². The second-order valence-electron chi connectivity index (χ2n) is 2.54. The van der Waals surface area contributed by atoms with Crippen molar-refractivity contribution in [3.05, 3.63) is 18.0 Å². The Kier molecular flexibility index (Phi) is 2.99. The van der Waals surface area contributed by atoms with Gasteiger partial charge in [0.05, 0.1) is 6.61 Å². The third-order valence-corrected chi connectivity index (χ3v) is 1.53. The van der Waals surface area contributed by atoms with Crippen LogP contribution in [-0.4, -0.2) is 29.3 Å². The fourth-order valence-corrected chi connectivity index (χ4v) is 0.887. The zero-order valence-electron chi connectivity index (χ0n) is 7.28. The molecule has 0 aliphatic heterocycles. The second kappa shape index (κ2) is 4.01. The summed E-state index contributed by atoms with van der Waals surface area (Å²) >= 11 is 0. The zero-order chi connectivity index (χ0) is 8.97. The number of carbonyl (C=O) groups excluding carboxylic acids is 1. The van der Waals surface area contributed by atoms with E-state index >= 15 is 0 Å². The average molecular weight is 168 g/mol. The average Bonchev–Trinajstić information content (AvgIpc) is 2.47. The molecule has 0 aliphatic rings. The molecular formula is C8H12N2O2. The Morgan fingerprint density at radius 3 is 3.00 bits per heavy atom. The van der Waals surface area contributed by atoms with E-state index in [1.807, 2.05) is 0 Å². The quantitative estimate of drug-likeness (QED) is 0.620.